The molecule has 3 nitrogen and oxygen atoms in total. The fraction of sp³-hybridized carbons (Fsp3) is 0.167. The number of amides is 1. The van der Waals surface area contributed by atoms with Crippen molar-refractivity contribution >= 4 is 40.4 Å². The quantitative estimate of drug-likeness (QED) is 0.940. The first-order valence-electron chi connectivity index (χ1n) is 5.29. The molecule has 2 rings (SSSR count). The van der Waals surface area contributed by atoms with Crippen molar-refractivity contribution < 1.29 is 4.79 Å². The number of hydrogen-bond donors (Lipinski definition) is 1. The number of rotatable bonds is 4. The fourth-order valence-electron chi connectivity index (χ4n) is 1.43. The van der Waals surface area contributed by atoms with Gasteiger partial charge in [-0.3, -0.25) is 9.78 Å². The van der Waals surface area contributed by atoms with Crippen LogP contribution in [0.4, 0.5) is 0 Å². The van der Waals surface area contributed by atoms with Crippen LogP contribution in [0.25, 0.3) is 0 Å². The van der Waals surface area contributed by atoms with E-state index in [0.29, 0.717) is 17.1 Å². The molecule has 0 aliphatic carbocycles. The summed E-state index contributed by atoms with van der Waals surface area (Å²) >= 11 is 13.2. The predicted molar refractivity (Wildman–Crippen MR) is 74.6 cm³/mol. The summed E-state index contributed by atoms with van der Waals surface area (Å²) in [6.45, 7) is 0.543. The summed E-state index contributed by atoms with van der Waals surface area (Å²) in [5.74, 6) is -0.212. The van der Waals surface area contributed by atoms with E-state index in [2.05, 4.69) is 10.3 Å². The molecule has 0 atom stereocenters. The molecule has 6 heteroatoms. The highest BCUT2D eigenvalue weighted by Crippen LogP contribution is 2.21. The van der Waals surface area contributed by atoms with Gasteiger partial charge in [0.25, 0.3) is 5.91 Å². The van der Waals surface area contributed by atoms with E-state index in [1.807, 2.05) is 12.1 Å². The zero-order chi connectivity index (χ0) is 13.0. The molecule has 0 unspecified atom stereocenters. The number of carbonyl (C=O) groups excluding carboxylic acids is 1. The first kappa shape index (κ1) is 13.3. The Labute approximate surface area is 119 Å². The van der Waals surface area contributed by atoms with E-state index in [1.54, 1.807) is 12.3 Å². The average Bonchev–Trinajstić information content (AvgIpc) is 2.75. The molecule has 0 saturated heterocycles. The van der Waals surface area contributed by atoms with E-state index >= 15 is 0 Å². The number of carbonyl (C=O) groups is 1. The molecule has 0 bridgehead atoms. The van der Waals surface area contributed by atoms with Gasteiger partial charge in [0.1, 0.15) is 0 Å². The van der Waals surface area contributed by atoms with Gasteiger partial charge in [-0.25, -0.2) is 0 Å². The first-order chi connectivity index (χ1) is 8.66. The lowest BCUT2D eigenvalue weighted by Crippen LogP contribution is -2.25. The average molecular weight is 301 g/mol. The number of aromatic nitrogens is 1. The van der Waals surface area contributed by atoms with Gasteiger partial charge in [0.05, 0.1) is 14.9 Å². The van der Waals surface area contributed by atoms with Gasteiger partial charge in [0, 0.05) is 23.8 Å². The first-order valence-corrected chi connectivity index (χ1v) is 6.86. The SMILES string of the molecule is O=C(NCCc1ccc(Cl)s1)c1cnccc1Cl. The number of pyridine rings is 1. The Morgan fingerprint density at radius 3 is 2.83 bits per heavy atom. The van der Waals surface area contributed by atoms with Gasteiger partial charge in [-0.05, 0) is 24.6 Å². The van der Waals surface area contributed by atoms with E-state index < -0.39 is 0 Å². The Kier molecular flexibility index (Phi) is 4.58. The molecule has 0 aliphatic rings. The Morgan fingerprint density at radius 2 is 2.17 bits per heavy atom. The second kappa shape index (κ2) is 6.18. The number of halogens is 2. The van der Waals surface area contributed by atoms with Crippen LogP contribution in [-0.2, 0) is 6.42 Å². The molecule has 1 amide bonds. The smallest absolute Gasteiger partial charge is 0.254 e. The zero-order valence-corrected chi connectivity index (χ0v) is 11.6. The fourth-order valence-corrected chi connectivity index (χ4v) is 2.70. The Morgan fingerprint density at radius 1 is 1.33 bits per heavy atom. The van der Waals surface area contributed by atoms with Crippen LogP contribution in [0.2, 0.25) is 9.36 Å². The third kappa shape index (κ3) is 3.45. The van der Waals surface area contributed by atoms with E-state index in [1.165, 1.54) is 17.5 Å². The summed E-state index contributed by atoms with van der Waals surface area (Å²) in [6, 6.07) is 5.40. The second-order valence-electron chi connectivity index (χ2n) is 3.57. The summed E-state index contributed by atoms with van der Waals surface area (Å²) in [6.07, 6.45) is 3.76. The maximum absolute atomic E-state index is 11.8. The highest BCUT2D eigenvalue weighted by Gasteiger charge is 2.09. The zero-order valence-electron chi connectivity index (χ0n) is 9.32. The highest BCUT2D eigenvalue weighted by molar-refractivity contribution is 7.16. The van der Waals surface area contributed by atoms with Crippen LogP contribution in [0.5, 0.6) is 0 Å². The van der Waals surface area contributed by atoms with E-state index in [-0.39, 0.29) is 5.91 Å². The maximum atomic E-state index is 11.8. The van der Waals surface area contributed by atoms with Crippen molar-refractivity contribution in [1.29, 1.82) is 0 Å². The second-order valence-corrected chi connectivity index (χ2v) is 5.77. The number of thiophene rings is 1. The lowest BCUT2D eigenvalue weighted by atomic mass is 10.2. The summed E-state index contributed by atoms with van der Waals surface area (Å²) in [4.78, 5) is 16.8. The Balaban J connectivity index is 1.87. The van der Waals surface area contributed by atoms with Gasteiger partial charge in [0.2, 0.25) is 0 Å². The molecule has 0 spiro atoms. The molecule has 2 aromatic rings. The topological polar surface area (TPSA) is 42.0 Å². The largest absolute Gasteiger partial charge is 0.352 e. The van der Waals surface area contributed by atoms with Crippen LogP contribution in [0.15, 0.2) is 30.6 Å². The number of nitrogens with one attached hydrogen (secondary N) is 1. The van der Waals surface area contributed by atoms with Gasteiger partial charge in [0.15, 0.2) is 0 Å². The maximum Gasteiger partial charge on any atom is 0.254 e. The molecule has 18 heavy (non-hydrogen) atoms. The van der Waals surface area contributed by atoms with Crippen LogP contribution >= 0.6 is 34.5 Å². The van der Waals surface area contributed by atoms with Crippen molar-refractivity contribution in [2.24, 2.45) is 0 Å². The molecule has 94 valence electrons. The van der Waals surface area contributed by atoms with Crippen molar-refractivity contribution in [3.05, 3.63) is 50.4 Å². The summed E-state index contributed by atoms with van der Waals surface area (Å²) in [5.41, 5.74) is 0.392. The van der Waals surface area contributed by atoms with Crippen LogP contribution < -0.4 is 5.32 Å². The van der Waals surface area contributed by atoms with E-state index in [4.69, 9.17) is 23.2 Å². The third-order valence-electron chi connectivity index (χ3n) is 2.30. The molecular weight excluding hydrogens is 291 g/mol. The lowest BCUT2D eigenvalue weighted by Gasteiger charge is -2.05. The minimum Gasteiger partial charge on any atom is -0.352 e. The van der Waals surface area contributed by atoms with Gasteiger partial charge < -0.3 is 5.32 Å². The summed E-state index contributed by atoms with van der Waals surface area (Å²) in [5, 5.41) is 3.20. The minimum absolute atomic E-state index is 0.212. The van der Waals surface area contributed by atoms with Crippen LogP contribution in [0, 0.1) is 0 Å². The molecular formula is C12H10Cl2N2OS. The molecule has 1 N–H and O–H groups in total. The molecule has 0 saturated carbocycles. The van der Waals surface area contributed by atoms with Gasteiger partial charge in [-0.15, -0.1) is 11.3 Å². The normalized spacial score (nSPS) is 10.3. The minimum atomic E-state index is -0.212. The lowest BCUT2D eigenvalue weighted by molar-refractivity contribution is 0.0954. The molecule has 2 aromatic heterocycles. The van der Waals surface area contributed by atoms with E-state index in [9.17, 15) is 4.79 Å². The third-order valence-corrected chi connectivity index (χ3v) is 3.92. The van der Waals surface area contributed by atoms with Gasteiger partial charge in [-0.1, -0.05) is 23.2 Å². The van der Waals surface area contributed by atoms with Gasteiger partial charge >= 0.3 is 0 Å². The summed E-state index contributed by atoms with van der Waals surface area (Å²) in [7, 11) is 0. The van der Waals surface area contributed by atoms with Crippen molar-refractivity contribution in [3.8, 4) is 0 Å². The van der Waals surface area contributed by atoms with E-state index in [0.717, 1.165) is 15.6 Å². The molecule has 0 radical (unpaired) electrons. The van der Waals surface area contributed by atoms with Crippen LogP contribution in [0.1, 0.15) is 15.2 Å². The van der Waals surface area contributed by atoms with Crippen molar-refractivity contribution in [1.82, 2.24) is 10.3 Å². The van der Waals surface area contributed by atoms with Crippen molar-refractivity contribution in [2.75, 3.05) is 6.54 Å². The highest BCUT2D eigenvalue weighted by atomic mass is 35.5. The Bertz CT molecular complexity index is 557. The van der Waals surface area contributed by atoms with Crippen molar-refractivity contribution in [2.45, 2.75) is 6.42 Å². The number of hydrogen-bond acceptors (Lipinski definition) is 3. The predicted octanol–water partition coefficient (Wildman–Crippen LogP) is 3.42. The van der Waals surface area contributed by atoms with Crippen LogP contribution in [-0.4, -0.2) is 17.4 Å². The van der Waals surface area contributed by atoms with Crippen LogP contribution in [0.3, 0.4) is 0 Å². The molecule has 0 fully saturated rings. The monoisotopic (exact) mass is 300 g/mol. The molecule has 2 heterocycles. The molecule has 0 aliphatic heterocycles. The Hall–Kier alpha value is -1.10. The van der Waals surface area contributed by atoms with Gasteiger partial charge in [-0.2, -0.15) is 0 Å². The summed E-state index contributed by atoms with van der Waals surface area (Å²) < 4.78 is 0.756. The molecule has 0 aromatic carbocycles. The van der Waals surface area contributed by atoms with Crippen molar-refractivity contribution in [3.63, 3.8) is 0 Å². The number of nitrogens with zero attached hydrogens (tertiary/aromatic N) is 1. The standard InChI is InChI=1S/C12H10Cl2N2OS/c13-10-4-5-15-7-9(10)12(17)16-6-3-8-1-2-11(14)18-8/h1-2,4-5,7H,3,6H2,(H,16,17).